The SMILES string of the molecule is CC1CCN(C[C@@H]2CN3CC[C@H]2C[C@@H]3CNC(=O)Nc2ccsc2)CC1. The van der Waals surface area contributed by atoms with Crippen LogP contribution in [0.1, 0.15) is 32.6 Å². The second-order valence-electron chi connectivity index (χ2n) is 8.52. The summed E-state index contributed by atoms with van der Waals surface area (Å²) >= 11 is 1.60. The molecule has 0 spiro atoms. The number of piperidine rings is 4. The van der Waals surface area contributed by atoms with E-state index in [-0.39, 0.29) is 6.03 Å². The van der Waals surface area contributed by atoms with Gasteiger partial charge in [0.2, 0.25) is 0 Å². The molecule has 1 unspecified atom stereocenters. The van der Waals surface area contributed by atoms with Crippen LogP contribution in [0.4, 0.5) is 10.5 Å². The monoisotopic (exact) mass is 376 g/mol. The van der Waals surface area contributed by atoms with Crippen LogP contribution >= 0.6 is 11.3 Å². The molecule has 2 amide bonds. The van der Waals surface area contributed by atoms with Crippen molar-refractivity contribution in [2.45, 2.75) is 38.6 Å². The van der Waals surface area contributed by atoms with Crippen LogP contribution in [0.15, 0.2) is 16.8 Å². The molecule has 4 atom stereocenters. The van der Waals surface area contributed by atoms with Crippen molar-refractivity contribution in [3.8, 4) is 0 Å². The third kappa shape index (κ3) is 4.41. The Morgan fingerprint density at radius 2 is 2.12 bits per heavy atom. The minimum Gasteiger partial charge on any atom is -0.336 e. The Hall–Kier alpha value is -1.11. The number of anilines is 1. The molecule has 6 heteroatoms. The van der Waals surface area contributed by atoms with Crippen LogP contribution in [0.3, 0.4) is 0 Å². The van der Waals surface area contributed by atoms with Gasteiger partial charge in [-0.05, 0) is 74.5 Å². The van der Waals surface area contributed by atoms with E-state index in [1.807, 2.05) is 16.8 Å². The summed E-state index contributed by atoms with van der Waals surface area (Å²) < 4.78 is 0. The summed E-state index contributed by atoms with van der Waals surface area (Å²) in [5.41, 5.74) is 0.883. The minimum absolute atomic E-state index is 0.0787. The maximum absolute atomic E-state index is 12.1. The fourth-order valence-corrected chi connectivity index (χ4v) is 5.55. The van der Waals surface area contributed by atoms with Crippen LogP contribution in [0, 0.1) is 17.8 Å². The van der Waals surface area contributed by atoms with Crippen molar-refractivity contribution in [2.75, 3.05) is 44.6 Å². The highest BCUT2D eigenvalue weighted by molar-refractivity contribution is 7.08. The molecule has 4 saturated heterocycles. The lowest BCUT2D eigenvalue weighted by Crippen LogP contribution is -2.58. The van der Waals surface area contributed by atoms with Crippen molar-refractivity contribution in [1.82, 2.24) is 15.1 Å². The first-order valence-electron chi connectivity index (χ1n) is 10.2. The Morgan fingerprint density at radius 1 is 1.27 bits per heavy atom. The molecule has 2 N–H and O–H groups in total. The van der Waals surface area contributed by atoms with Gasteiger partial charge in [-0.1, -0.05) is 6.92 Å². The number of urea groups is 1. The molecule has 5 heterocycles. The number of rotatable bonds is 5. The van der Waals surface area contributed by atoms with Gasteiger partial charge in [0.15, 0.2) is 0 Å². The molecule has 0 aromatic carbocycles. The summed E-state index contributed by atoms with van der Waals surface area (Å²) in [6.07, 6.45) is 5.32. The maximum Gasteiger partial charge on any atom is 0.319 e. The van der Waals surface area contributed by atoms with Crippen molar-refractivity contribution in [3.63, 3.8) is 0 Å². The van der Waals surface area contributed by atoms with Gasteiger partial charge < -0.3 is 15.5 Å². The Bertz CT molecular complexity index is 585. The molecule has 4 fully saturated rings. The van der Waals surface area contributed by atoms with Gasteiger partial charge in [-0.25, -0.2) is 4.79 Å². The van der Waals surface area contributed by atoms with Crippen LogP contribution in [0.25, 0.3) is 0 Å². The fraction of sp³-hybridized carbons (Fsp3) is 0.750. The van der Waals surface area contributed by atoms with Gasteiger partial charge >= 0.3 is 6.03 Å². The molecule has 0 saturated carbocycles. The number of fused-ring (bicyclic) bond motifs is 3. The predicted molar refractivity (Wildman–Crippen MR) is 108 cm³/mol. The third-order valence-corrected chi connectivity index (χ3v) is 7.34. The Kier molecular flexibility index (Phi) is 5.81. The van der Waals surface area contributed by atoms with Crippen LogP contribution < -0.4 is 10.6 Å². The van der Waals surface area contributed by atoms with Crippen LogP contribution in [0.2, 0.25) is 0 Å². The average molecular weight is 377 g/mol. The van der Waals surface area contributed by atoms with Crippen molar-refractivity contribution < 1.29 is 4.79 Å². The largest absolute Gasteiger partial charge is 0.336 e. The third-order valence-electron chi connectivity index (χ3n) is 6.66. The molecule has 26 heavy (non-hydrogen) atoms. The van der Waals surface area contributed by atoms with E-state index in [2.05, 4.69) is 27.4 Å². The van der Waals surface area contributed by atoms with Crippen LogP contribution in [-0.4, -0.2) is 61.1 Å². The van der Waals surface area contributed by atoms with E-state index in [0.717, 1.165) is 30.0 Å². The summed E-state index contributed by atoms with van der Waals surface area (Å²) in [7, 11) is 0. The fourth-order valence-electron chi connectivity index (χ4n) is 4.97. The van der Waals surface area contributed by atoms with E-state index in [4.69, 9.17) is 0 Å². The number of carbonyl (C=O) groups excluding carboxylic acids is 1. The number of nitrogens with zero attached hydrogens (tertiary/aromatic N) is 2. The van der Waals surface area contributed by atoms with E-state index in [0.29, 0.717) is 6.04 Å². The van der Waals surface area contributed by atoms with Gasteiger partial charge in [0.05, 0.1) is 5.69 Å². The lowest BCUT2D eigenvalue weighted by molar-refractivity contribution is -0.0142. The van der Waals surface area contributed by atoms with Crippen molar-refractivity contribution in [3.05, 3.63) is 16.8 Å². The summed E-state index contributed by atoms with van der Waals surface area (Å²) in [5, 5.41) is 9.92. The topological polar surface area (TPSA) is 47.6 Å². The van der Waals surface area contributed by atoms with E-state index in [9.17, 15) is 4.79 Å². The van der Waals surface area contributed by atoms with E-state index >= 15 is 0 Å². The molecular formula is C20H32N4OS. The lowest BCUT2D eigenvalue weighted by atomic mass is 9.75. The average Bonchev–Trinajstić information content (AvgIpc) is 3.16. The molecule has 5 nitrogen and oxygen atoms in total. The molecule has 2 bridgehead atoms. The van der Waals surface area contributed by atoms with Crippen molar-refractivity contribution >= 4 is 23.1 Å². The smallest absolute Gasteiger partial charge is 0.319 e. The number of nitrogens with one attached hydrogen (secondary N) is 2. The maximum atomic E-state index is 12.1. The van der Waals surface area contributed by atoms with E-state index in [1.165, 1.54) is 58.4 Å². The zero-order chi connectivity index (χ0) is 17.9. The summed E-state index contributed by atoms with van der Waals surface area (Å²) in [6, 6.07) is 2.37. The molecular weight excluding hydrogens is 344 g/mol. The minimum atomic E-state index is -0.0787. The first-order chi connectivity index (χ1) is 12.7. The second kappa shape index (κ2) is 8.28. The van der Waals surface area contributed by atoms with E-state index < -0.39 is 0 Å². The summed E-state index contributed by atoms with van der Waals surface area (Å²) in [4.78, 5) is 17.4. The number of thiophene rings is 1. The van der Waals surface area contributed by atoms with Gasteiger partial charge in [-0.15, -0.1) is 0 Å². The second-order valence-corrected chi connectivity index (χ2v) is 9.30. The molecule has 1 aromatic rings. The van der Waals surface area contributed by atoms with Crippen LogP contribution in [-0.2, 0) is 0 Å². The standard InChI is InChI=1S/C20H32N4OS/c1-15-2-6-23(7-3-15)12-17-13-24-8-4-16(17)10-19(24)11-21-20(25)22-18-5-9-26-14-18/h5,9,14-17,19H,2-4,6-8,10-13H2,1H3,(H2,21,22,25)/t16-,17+,19+/m0/s1. The summed E-state index contributed by atoms with van der Waals surface area (Å²) in [6.45, 7) is 9.44. The Labute approximate surface area is 161 Å². The first kappa shape index (κ1) is 18.3. The van der Waals surface area contributed by atoms with E-state index in [1.54, 1.807) is 11.3 Å². The normalized spacial score (nSPS) is 32.5. The molecule has 5 rings (SSSR count). The van der Waals surface area contributed by atoms with Gasteiger partial charge in [0, 0.05) is 31.1 Å². The molecule has 0 radical (unpaired) electrons. The van der Waals surface area contributed by atoms with Gasteiger partial charge in [-0.3, -0.25) is 4.90 Å². The number of carbonyl (C=O) groups is 1. The van der Waals surface area contributed by atoms with Gasteiger partial charge in [0.1, 0.15) is 0 Å². The number of hydrogen-bond donors (Lipinski definition) is 2. The molecule has 4 aliphatic rings. The first-order valence-corrected chi connectivity index (χ1v) is 11.1. The Morgan fingerprint density at radius 3 is 2.81 bits per heavy atom. The Balaban J connectivity index is 1.22. The molecule has 1 aromatic heterocycles. The van der Waals surface area contributed by atoms with Gasteiger partial charge in [0.25, 0.3) is 0 Å². The lowest BCUT2D eigenvalue weighted by Gasteiger charge is -2.51. The predicted octanol–water partition coefficient (Wildman–Crippen LogP) is 3.31. The number of hydrogen-bond acceptors (Lipinski definition) is 4. The molecule has 0 aliphatic carbocycles. The van der Waals surface area contributed by atoms with Gasteiger partial charge in [-0.2, -0.15) is 11.3 Å². The zero-order valence-electron chi connectivity index (χ0n) is 15.8. The molecule has 4 aliphatic heterocycles. The highest BCUT2D eigenvalue weighted by Gasteiger charge is 2.40. The van der Waals surface area contributed by atoms with Crippen molar-refractivity contribution in [1.29, 1.82) is 0 Å². The highest BCUT2D eigenvalue weighted by atomic mass is 32.1. The molecule has 144 valence electrons. The number of amides is 2. The quantitative estimate of drug-likeness (QED) is 0.829. The highest BCUT2D eigenvalue weighted by Crippen LogP contribution is 2.37. The van der Waals surface area contributed by atoms with Crippen molar-refractivity contribution in [2.24, 2.45) is 17.8 Å². The van der Waals surface area contributed by atoms with Crippen LogP contribution in [0.5, 0.6) is 0 Å². The number of likely N-dealkylation sites (tertiary alicyclic amines) is 1. The zero-order valence-corrected chi connectivity index (χ0v) is 16.6. The summed E-state index contributed by atoms with van der Waals surface area (Å²) in [5.74, 6) is 2.58.